The molecule has 4 rings (SSSR count). The van der Waals surface area contributed by atoms with Gasteiger partial charge in [-0.2, -0.15) is 10.2 Å². The summed E-state index contributed by atoms with van der Waals surface area (Å²) in [4.78, 5) is 24.0. The van der Waals surface area contributed by atoms with Crippen LogP contribution in [0, 0.1) is 30.9 Å². The molecule has 1 aromatic carbocycles. The lowest BCUT2D eigenvalue weighted by Gasteiger charge is -2.04. The summed E-state index contributed by atoms with van der Waals surface area (Å²) >= 11 is 1.31. The third-order valence-corrected chi connectivity index (χ3v) is 6.11. The van der Waals surface area contributed by atoms with Crippen molar-refractivity contribution in [3.8, 4) is 0 Å². The van der Waals surface area contributed by atoms with Gasteiger partial charge < -0.3 is 5.32 Å². The summed E-state index contributed by atoms with van der Waals surface area (Å²) in [6.45, 7) is 6.22. The molecule has 0 spiro atoms. The zero-order valence-electron chi connectivity index (χ0n) is 17.9. The molecular formula is C22H22N6O3S. The van der Waals surface area contributed by atoms with E-state index in [4.69, 9.17) is 0 Å². The van der Waals surface area contributed by atoms with Gasteiger partial charge in [-0.15, -0.1) is 11.3 Å². The second-order valence-corrected chi connectivity index (χ2v) is 8.43. The number of benzene rings is 1. The van der Waals surface area contributed by atoms with E-state index in [9.17, 15) is 14.9 Å². The van der Waals surface area contributed by atoms with E-state index in [0.717, 1.165) is 16.8 Å². The number of nitrogens with zero attached hydrogens (tertiary/aromatic N) is 5. The van der Waals surface area contributed by atoms with Gasteiger partial charge in [-0.1, -0.05) is 30.3 Å². The Kier molecular flexibility index (Phi) is 5.87. The van der Waals surface area contributed by atoms with Gasteiger partial charge in [0.15, 0.2) is 5.82 Å². The maximum Gasteiger partial charge on any atom is 0.312 e. The summed E-state index contributed by atoms with van der Waals surface area (Å²) < 4.78 is 3.44. The molecule has 0 fully saturated rings. The number of hydrogen-bond donors (Lipinski definition) is 1. The van der Waals surface area contributed by atoms with E-state index in [1.807, 2.05) is 53.4 Å². The van der Waals surface area contributed by atoms with Crippen LogP contribution in [0.2, 0.25) is 0 Å². The fraction of sp³-hybridized carbons (Fsp3) is 0.227. The van der Waals surface area contributed by atoms with Crippen LogP contribution in [0.1, 0.15) is 37.9 Å². The molecule has 9 nitrogen and oxygen atoms in total. The highest BCUT2D eigenvalue weighted by Gasteiger charge is 2.22. The van der Waals surface area contributed by atoms with Crippen LogP contribution in [-0.4, -0.2) is 30.4 Å². The van der Waals surface area contributed by atoms with Gasteiger partial charge in [0, 0.05) is 11.8 Å². The predicted octanol–water partition coefficient (Wildman–Crippen LogP) is 4.32. The molecule has 1 amide bonds. The molecule has 0 unspecified atom stereocenters. The second kappa shape index (κ2) is 8.75. The summed E-state index contributed by atoms with van der Waals surface area (Å²) in [7, 11) is 0. The van der Waals surface area contributed by atoms with Crippen molar-refractivity contribution < 1.29 is 9.72 Å². The Morgan fingerprint density at radius 2 is 1.78 bits per heavy atom. The first-order valence-electron chi connectivity index (χ1n) is 9.97. The van der Waals surface area contributed by atoms with Gasteiger partial charge in [0.25, 0.3) is 5.91 Å². The van der Waals surface area contributed by atoms with Crippen molar-refractivity contribution in [1.82, 2.24) is 19.6 Å². The molecular weight excluding hydrogens is 428 g/mol. The molecule has 0 atom stereocenters. The topological polar surface area (TPSA) is 108 Å². The van der Waals surface area contributed by atoms with Crippen molar-refractivity contribution in [2.75, 3.05) is 5.32 Å². The quantitative estimate of drug-likeness (QED) is 0.333. The lowest BCUT2D eigenvalue weighted by Crippen LogP contribution is -2.11. The number of aromatic nitrogens is 4. The summed E-state index contributed by atoms with van der Waals surface area (Å²) in [5, 5.41) is 24.7. The second-order valence-electron chi connectivity index (χ2n) is 7.52. The molecule has 0 saturated carbocycles. The Bertz CT molecular complexity index is 1290. The number of aryl methyl sites for hydroxylation is 2. The Morgan fingerprint density at radius 3 is 2.47 bits per heavy atom. The molecule has 0 saturated heterocycles. The first-order valence-corrected chi connectivity index (χ1v) is 10.9. The fourth-order valence-corrected chi connectivity index (χ4v) is 4.32. The molecule has 32 heavy (non-hydrogen) atoms. The lowest BCUT2D eigenvalue weighted by molar-refractivity contribution is -0.386. The largest absolute Gasteiger partial charge is 0.312 e. The van der Waals surface area contributed by atoms with E-state index in [0.29, 0.717) is 35.2 Å². The van der Waals surface area contributed by atoms with Crippen LogP contribution in [0.15, 0.2) is 47.8 Å². The minimum atomic E-state index is -0.417. The van der Waals surface area contributed by atoms with Gasteiger partial charge in [-0.25, -0.2) is 0 Å². The molecule has 0 aliphatic rings. The van der Waals surface area contributed by atoms with Gasteiger partial charge in [-0.05, 0) is 43.3 Å². The zero-order valence-corrected chi connectivity index (χ0v) is 18.7. The van der Waals surface area contributed by atoms with Crippen LogP contribution in [0.3, 0.4) is 0 Å². The van der Waals surface area contributed by atoms with Crippen LogP contribution < -0.4 is 5.32 Å². The van der Waals surface area contributed by atoms with Crippen LogP contribution in [0.4, 0.5) is 11.5 Å². The standard InChI is InChI=1S/C22H22N6O3S/c1-14-9-20(25-26(14)11-17-7-5-4-6-8-17)23-22(29)19-10-18(13-32-19)12-27-16(3)21(28(30)31)15(2)24-27/h4-10,13H,11-12H2,1-3H3,(H,23,25,29). The number of carbonyl (C=O) groups is 1. The monoisotopic (exact) mass is 450 g/mol. The number of rotatable bonds is 7. The molecule has 0 bridgehead atoms. The first kappa shape index (κ1) is 21.4. The maximum atomic E-state index is 12.7. The molecule has 3 heterocycles. The molecule has 164 valence electrons. The van der Waals surface area contributed by atoms with Crippen molar-refractivity contribution >= 4 is 28.7 Å². The Balaban J connectivity index is 1.44. The van der Waals surface area contributed by atoms with E-state index in [1.165, 1.54) is 11.3 Å². The van der Waals surface area contributed by atoms with Gasteiger partial charge in [-0.3, -0.25) is 24.3 Å². The van der Waals surface area contributed by atoms with Crippen molar-refractivity contribution in [3.63, 3.8) is 0 Å². The molecule has 0 radical (unpaired) electrons. The number of amides is 1. The van der Waals surface area contributed by atoms with E-state index in [1.54, 1.807) is 24.6 Å². The third-order valence-electron chi connectivity index (χ3n) is 5.13. The van der Waals surface area contributed by atoms with E-state index < -0.39 is 4.92 Å². The number of anilines is 1. The zero-order chi connectivity index (χ0) is 22.8. The van der Waals surface area contributed by atoms with Crippen molar-refractivity contribution in [1.29, 1.82) is 0 Å². The van der Waals surface area contributed by atoms with E-state index in [2.05, 4.69) is 15.5 Å². The number of thiophene rings is 1. The van der Waals surface area contributed by atoms with Crippen molar-refractivity contribution in [2.24, 2.45) is 0 Å². The van der Waals surface area contributed by atoms with Crippen LogP contribution in [-0.2, 0) is 13.1 Å². The van der Waals surface area contributed by atoms with Crippen LogP contribution in [0.5, 0.6) is 0 Å². The first-order chi connectivity index (χ1) is 15.3. The average molecular weight is 451 g/mol. The number of nitrogens with one attached hydrogen (secondary N) is 1. The van der Waals surface area contributed by atoms with Crippen molar-refractivity contribution in [2.45, 2.75) is 33.9 Å². The molecule has 1 N–H and O–H groups in total. The summed E-state index contributed by atoms with van der Waals surface area (Å²) in [6, 6.07) is 13.6. The van der Waals surface area contributed by atoms with Crippen LogP contribution in [0.25, 0.3) is 0 Å². The van der Waals surface area contributed by atoms with Gasteiger partial charge in [0.2, 0.25) is 0 Å². The summed E-state index contributed by atoms with van der Waals surface area (Å²) in [5.74, 6) is 0.248. The highest BCUT2D eigenvalue weighted by molar-refractivity contribution is 7.12. The lowest BCUT2D eigenvalue weighted by atomic mass is 10.2. The SMILES string of the molecule is Cc1nn(Cc2csc(C(=O)Nc3cc(C)n(Cc4ccccc4)n3)c2)c(C)c1[N+](=O)[O-]. The molecule has 4 aromatic rings. The van der Waals surface area contributed by atoms with Crippen molar-refractivity contribution in [3.05, 3.63) is 91.0 Å². The number of nitro groups is 1. The normalized spacial score (nSPS) is 11.0. The number of hydrogen-bond acceptors (Lipinski definition) is 6. The molecule has 3 aromatic heterocycles. The summed E-state index contributed by atoms with van der Waals surface area (Å²) in [5.41, 5.74) is 3.82. The summed E-state index contributed by atoms with van der Waals surface area (Å²) in [6.07, 6.45) is 0. The third kappa shape index (κ3) is 4.45. The van der Waals surface area contributed by atoms with E-state index in [-0.39, 0.29) is 11.6 Å². The Morgan fingerprint density at radius 1 is 1.06 bits per heavy atom. The van der Waals surface area contributed by atoms with Gasteiger partial charge in [0.1, 0.15) is 11.4 Å². The number of carbonyl (C=O) groups excluding carboxylic acids is 1. The highest BCUT2D eigenvalue weighted by Crippen LogP contribution is 2.24. The fourth-order valence-electron chi connectivity index (χ4n) is 3.52. The molecule has 0 aliphatic carbocycles. The van der Waals surface area contributed by atoms with E-state index >= 15 is 0 Å². The van der Waals surface area contributed by atoms with Crippen LogP contribution >= 0.6 is 11.3 Å². The predicted molar refractivity (Wildman–Crippen MR) is 122 cm³/mol. The molecule has 10 heteroatoms. The molecule has 0 aliphatic heterocycles. The smallest absolute Gasteiger partial charge is 0.304 e. The maximum absolute atomic E-state index is 12.7. The Hall–Kier alpha value is -3.79. The minimum absolute atomic E-state index is 0.0275. The van der Waals surface area contributed by atoms with Gasteiger partial charge >= 0.3 is 5.69 Å². The minimum Gasteiger partial charge on any atom is -0.304 e. The van der Waals surface area contributed by atoms with Gasteiger partial charge in [0.05, 0.1) is 22.9 Å². The Labute approximate surface area is 188 Å². The highest BCUT2D eigenvalue weighted by atomic mass is 32.1. The average Bonchev–Trinajstić information content (AvgIpc) is 3.42.